The Bertz CT molecular complexity index is 803. The summed E-state index contributed by atoms with van der Waals surface area (Å²) in [7, 11) is 0. The van der Waals surface area contributed by atoms with E-state index in [2.05, 4.69) is 28.1 Å². The smallest absolute Gasteiger partial charge is 0.149 e. The zero-order valence-corrected chi connectivity index (χ0v) is 15.3. The first-order chi connectivity index (χ1) is 12.8. The van der Waals surface area contributed by atoms with Gasteiger partial charge in [-0.15, -0.1) is 0 Å². The van der Waals surface area contributed by atoms with Crippen LogP contribution >= 0.6 is 0 Å². The molecular formula is C20H25N5O. The monoisotopic (exact) mass is 351 g/mol. The number of pyridine rings is 1. The molecule has 0 amide bonds. The van der Waals surface area contributed by atoms with Crippen LogP contribution < -0.4 is 10.2 Å². The maximum atomic E-state index is 9.86. The predicted molar refractivity (Wildman–Crippen MR) is 101 cm³/mol. The topological polar surface area (TPSA) is 68.3 Å². The first kappa shape index (κ1) is 16.9. The highest BCUT2D eigenvalue weighted by Gasteiger charge is 2.28. The summed E-state index contributed by atoms with van der Waals surface area (Å²) in [5.74, 6) is 2.64. The molecular weight excluding hydrogens is 326 g/mol. The van der Waals surface area contributed by atoms with Crippen molar-refractivity contribution in [3.63, 3.8) is 0 Å². The maximum Gasteiger partial charge on any atom is 0.149 e. The van der Waals surface area contributed by atoms with Crippen LogP contribution in [0.5, 0.6) is 0 Å². The van der Waals surface area contributed by atoms with Crippen molar-refractivity contribution in [2.45, 2.75) is 39.3 Å². The molecule has 0 atom stereocenters. The molecule has 1 N–H and O–H groups in total. The van der Waals surface area contributed by atoms with E-state index in [1.165, 1.54) is 24.0 Å². The van der Waals surface area contributed by atoms with Crippen LogP contribution in [-0.4, -0.2) is 36.1 Å². The minimum atomic E-state index is 0.601. The Morgan fingerprint density at radius 1 is 1.27 bits per heavy atom. The largest absolute Gasteiger partial charge is 0.467 e. The van der Waals surface area contributed by atoms with Crippen LogP contribution in [0.3, 0.4) is 0 Å². The fraction of sp³-hybridized carbons (Fsp3) is 0.500. The van der Waals surface area contributed by atoms with Crippen molar-refractivity contribution in [3.05, 3.63) is 40.8 Å². The van der Waals surface area contributed by atoms with Crippen molar-refractivity contribution >= 4 is 11.6 Å². The van der Waals surface area contributed by atoms with Crippen molar-refractivity contribution in [1.82, 2.24) is 9.88 Å². The number of furan rings is 1. The second-order valence-corrected chi connectivity index (χ2v) is 6.97. The summed E-state index contributed by atoms with van der Waals surface area (Å²) in [5.41, 5.74) is 3.13. The molecule has 0 aromatic carbocycles. The fourth-order valence-electron chi connectivity index (χ4n) is 3.95. The summed E-state index contributed by atoms with van der Waals surface area (Å²) in [5, 5.41) is 13.3. The number of anilines is 2. The van der Waals surface area contributed by atoms with Gasteiger partial charge >= 0.3 is 0 Å². The van der Waals surface area contributed by atoms with E-state index in [9.17, 15) is 5.26 Å². The normalized spacial score (nSPS) is 17.2. The second-order valence-electron chi connectivity index (χ2n) is 6.97. The van der Waals surface area contributed by atoms with E-state index in [-0.39, 0.29) is 0 Å². The average molecular weight is 351 g/mol. The molecule has 0 unspecified atom stereocenters. The van der Waals surface area contributed by atoms with E-state index >= 15 is 0 Å². The van der Waals surface area contributed by atoms with Gasteiger partial charge in [-0.1, -0.05) is 6.92 Å². The Morgan fingerprint density at radius 2 is 2.12 bits per heavy atom. The molecule has 2 aromatic rings. The highest BCUT2D eigenvalue weighted by atomic mass is 16.3. The summed E-state index contributed by atoms with van der Waals surface area (Å²) < 4.78 is 5.45. The van der Waals surface area contributed by atoms with Crippen LogP contribution in [0.1, 0.15) is 42.2 Å². The molecule has 2 aliphatic rings. The maximum absolute atomic E-state index is 9.86. The van der Waals surface area contributed by atoms with Crippen LogP contribution in [-0.2, 0) is 19.5 Å². The number of nitrogens with one attached hydrogen (secondary N) is 1. The van der Waals surface area contributed by atoms with E-state index in [1.807, 2.05) is 12.1 Å². The first-order valence-electron chi connectivity index (χ1n) is 9.49. The molecule has 4 heterocycles. The number of nitrogens with zero attached hydrogens (tertiary/aromatic N) is 4. The number of hydrogen-bond acceptors (Lipinski definition) is 6. The number of rotatable bonds is 5. The number of aromatic nitrogens is 1. The molecule has 1 saturated heterocycles. The molecule has 0 radical (unpaired) electrons. The van der Waals surface area contributed by atoms with Crippen LogP contribution in [0.4, 0.5) is 11.6 Å². The van der Waals surface area contributed by atoms with Crippen LogP contribution in [0.25, 0.3) is 0 Å². The van der Waals surface area contributed by atoms with Crippen molar-refractivity contribution in [2.24, 2.45) is 0 Å². The molecule has 0 bridgehead atoms. The molecule has 6 heteroatoms. The Balaban J connectivity index is 1.74. The minimum Gasteiger partial charge on any atom is -0.467 e. The molecule has 2 aromatic heterocycles. The van der Waals surface area contributed by atoms with Crippen LogP contribution in [0, 0.1) is 11.3 Å². The molecule has 2 aliphatic heterocycles. The molecule has 0 saturated carbocycles. The summed E-state index contributed by atoms with van der Waals surface area (Å²) in [6, 6.07) is 6.32. The van der Waals surface area contributed by atoms with E-state index in [4.69, 9.17) is 9.40 Å². The molecule has 1 fully saturated rings. The average Bonchev–Trinajstić information content (AvgIpc) is 3.38. The number of likely N-dealkylation sites (N-methyl/N-ethyl adjacent to an activating group) is 1. The third kappa shape index (κ3) is 3.15. The van der Waals surface area contributed by atoms with E-state index in [0.717, 1.165) is 62.1 Å². The van der Waals surface area contributed by atoms with Gasteiger partial charge in [0.2, 0.25) is 0 Å². The van der Waals surface area contributed by atoms with Crippen molar-refractivity contribution in [2.75, 3.05) is 36.4 Å². The molecule has 0 spiro atoms. The Hall–Kier alpha value is -2.52. The highest BCUT2D eigenvalue weighted by Crippen LogP contribution is 2.34. The lowest BCUT2D eigenvalue weighted by Gasteiger charge is -2.31. The van der Waals surface area contributed by atoms with E-state index in [1.54, 1.807) is 6.26 Å². The molecule has 0 aliphatic carbocycles. The van der Waals surface area contributed by atoms with Gasteiger partial charge in [0.05, 0.1) is 18.4 Å². The minimum absolute atomic E-state index is 0.601. The van der Waals surface area contributed by atoms with Gasteiger partial charge in [0, 0.05) is 31.7 Å². The number of nitriles is 1. The zero-order valence-electron chi connectivity index (χ0n) is 15.3. The number of fused-ring (bicyclic) bond motifs is 1. The lowest BCUT2D eigenvalue weighted by molar-refractivity contribution is 0.268. The highest BCUT2D eigenvalue weighted by molar-refractivity contribution is 5.67. The summed E-state index contributed by atoms with van der Waals surface area (Å²) in [6.45, 7) is 7.60. The van der Waals surface area contributed by atoms with Gasteiger partial charge in [0.25, 0.3) is 0 Å². The van der Waals surface area contributed by atoms with Gasteiger partial charge in [0.1, 0.15) is 23.5 Å². The summed E-state index contributed by atoms with van der Waals surface area (Å²) in [6.07, 6.45) is 4.93. The Kier molecular flexibility index (Phi) is 4.81. The second kappa shape index (κ2) is 7.38. The Morgan fingerprint density at radius 3 is 2.81 bits per heavy atom. The van der Waals surface area contributed by atoms with Crippen LogP contribution in [0.15, 0.2) is 22.8 Å². The molecule has 6 nitrogen and oxygen atoms in total. The zero-order chi connectivity index (χ0) is 17.9. The van der Waals surface area contributed by atoms with Crippen molar-refractivity contribution < 1.29 is 4.42 Å². The van der Waals surface area contributed by atoms with Crippen LogP contribution in [0.2, 0.25) is 0 Å². The standard InChI is InChI=1S/C20H25N5O/c1-2-24-10-7-16-17(12-21)20(25-8-3-4-9-25)23-19(18(16)14-24)22-13-15-6-5-11-26-15/h5-6,11H,2-4,7-10,13-14H2,1H3,(H,22,23). The third-order valence-corrected chi connectivity index (χ3v) is 5.43. The number of hydrogen-bond donors (Lipinski definition) is 1. The lowest BCUT2D eigenvalue weighted by Crippen LogP contribution is -2.33. The molecule has 4 rings (SSSR count). The van der Waals surface area contributed by atoms with Crippen molar-refractivity contribution in [3.8, 4) is 6.07 Å². The summed E-state index contributed by atoms with van der Waals surface area (Å²) >= 11 is 0. The van der Waals surface area contributed by atoms with Crippen molar-refractivity contribution in [1.29, 1.82) is 5.26 Å². The van der Waals surface area contributed by atoms with Gasteiger partial charge in [-0.3, -0.25) is 4.90 Å². The van der Waals surface area contributed by atoms with E-state index in [0.29, 0.717) is 6.54 Å². The predicted octanol–water partition coefficient (Wildman–Crippen LogP) is 3.14. The lowest BCUT2D eigenvalue weighted by atomic mass is 9.95. The first-order valence-corrected chi connectivity index (χ1v) is 9.49. The van der Waals surface area contributed by atoms with Gasteiger partial charge in [-0.25, -0.2) is 4.98 Å². The molecule has 26 heavy (non-hydrogen) atoms. The van der Waals surface area contributed by atoms with Gasteiger partial charge in [-0.2, -0.15) is 5.26 Å². The van der Waals surface area contributed by atoms with E-state index < -0.39 is 0 Å². The fourth-order valence-corrected chi connectivity index (χ4v) is 3.95. The summed E-state index contributed by atoms with van der Waals surface area (Å²) in [4.78, 5) is 9.60. The van der Waals surface area contributed by atoms with Gasteiger partial charge in [-0.05, 0) is 43.5 Å². The quantitative estimate of drug-likeness (QED) is 0.892. The molecule has 136 valence electrons. The third-order valence-electron chi connectivity index (χ3n) is 5.43. The SMILES string of the molecule is CCN1CCc2c(C#N)c(N3CCCC3)nc(NCc3ccco3)c2C1. The van der Waals surface area contributed by atoms with Gasteiger partial charge in [0.15, 0.2) is 0 Å². The van der Waals surface area contributed by atoms with Gasteiger partial charge < -0.3 is 14.6 Å². The Labute approximate surface area is 154 Å².